The summed E-state index contributed by atoms with van der Waals surface area (Å²) in [6.07, 6.45) is 5.50. The number of allylic oxidation sites excluding steroid dienone is 4. The lowest BCUT2D eigenvalue weighted by Crippen LogP contribution is -2.05. The molecule has 2 aliphatic rings. The molecular formula is C26H22O. The number of fused-ring (bicyclic) bond motifs is 3. The number of hydrogen-bond donors (Lipinski definition) is 0. The van der Waals surface area contributed by atoms with Crippen molar-refractivity contribution in [1.82, 2.24) is 0 Å². The van der Waals surface area contributed by atoms with Crippen LogP contribution >= 0.6 is 0 Å². The van der Waals surface area contributed by atoms with Gasteiger partial charge < -0.3 is 4.74 Å². The molecule has 1 heterocycles. The Morgan fingerprint density at radius 2 is 1.52 bits per heavy atom. The molecule has 0 amide bonds. The minimum Gasteiger partial charge on any atom is -0.459 e. The molecule has 27 heavy (non-hydrogen) atoms. The number of benzene rings is 3. The molecule has 1 aliphatic heterocycles. The first-order chi connectivity index (χ1) is 13.2. The van der Waals surface area contributed by atoms with E-state index in [1.165, 1.54) is 39.0 Å². The van der Waals surface area contributed by atoms with Gasteiger partial charge in [-0.3, -0.25) is 0 Å². The second-order valence-corrected chi connectivity index (χ2v) is 7.53. The predicted molar refractivity (Wildman–Crippen MR) is 112 cm³/mol. The fourth-order valence-electron chi connectivity index (χ4n) is 4.24. The molecule has 0 fully saturated rings. The highest BCUT2D eigenvalue weighted by atomic mass is 16.5. The third kappa shape index (κ3) is 2.71. The lowest BCUT2D eigenvalue weighted by atomic mass is 9.86. The van der Waals surface area contributed by atoms with Crippen LogP contribution in [-0.2, 0) is 0 Å². The third-order valence-electron chi connectivity index (χ3n) is 5.53. The molecule has 0 bridgehead atoms. The van der Waals surface area contributed by atoms with E-state index in [2.05, 4.69) is 92.7 Å². The van der Waals surface area contributed by atoms with Crippen molar-refractivity contribution in [2.24, 2.45) is 0 Å². The third-order valence-corrected chi connectivity index (χ3v) is 5.53. The Balaban J connectivity index is 1.66. The summed E-state index contributed by atoms with van der Waals surface area (Å²) in [4.78, 5) is 0. The highest BCUT2D eigenvalue weighted by Gasteiger charge is 2.34. The van der Waals surface area contributed by atoms with Gasteiger partial charge in [-0.25, -0.2) is 0 Å². The Hall–Kier alpha value is -3.06. The SMILES string of the molecule is Cc1cccc(C2=C3Oc4c(-c5cccc(C)c5)cccc4C3CC=C2)c1. The van der Waals surface area contributed by atoms with Crippen molar-refractivity contribution in [1.29, 1.82) is 0 Å². The minimum absolute atomic E-state index is 0.310. The molecule has 3 aromatic rings. The summed E-state index contributed by atoms with van der Waals surface area (Å²) in [5.41, 5.74) is 8.68. The van der Waals surface area contributed by atoms with Crippen molar-refractivity contribution >= 4 is 5.57 Å². The van der Waals surface area contributed by atoms with E-state index < -0.39 is 0 Å². The lowest BCUT2D eigenvalue weighted by molar-refractivity contribution is 0.430. The van der Waals surface area contributed by atoms with Crippen LogP contribution in [0.5, 0.6) is 5.75 Å². The van der Waals surface area contributed by atoms with Crippen LogP contribution in [0.25, 0.3) is 16.7 Å². The van der Waals surface area contributed by atoms with E-state index in [1.54, 1.807) is 0 Å². The van der Waals surface area contributed by atoms with Crippen molar-refractivity contribution in [2.45, 2.75) is 26.2 Å². The van der Waals surface area contributed by atoms with E-state index in [1.807, 2.05) is 0 Å². The van der Waals surface area contributed by atoms with Crippen molar-refractivity contribution in [2.75, 3.05) is 0 Å². The molecule has 1 nitrogen and oxygen atoms in total. The van der Waals surface area contributed by atoms with Crippen LogP contribution in [-0.4, -0.2) is 0 Å². The van der Waals surface area contributed by atoms with Gasteiger partial charge in [-0.1, -0.05) is 90.0 Å². The summed E-state index contributed by atoms with van der Waals surface area (Å²) >= 11 is 0. The second-order valence-electron chi connectivity index (χ2n) is 7.53. The maximum atomic E-state index is 6.57. The molecule has 0 aromatic heterocycles. The van der Waals surface area contributed by atoms with Gasteiger partial charge in [0.2, 0.25) is 0 Å². The molecule has 0 N–H and O–H groups in total. The quantitative estimate of drug-likeness (QED) is 0.493. The fraction of sp³-hybridized carbons (Fsp3) is 0.154. The van der Waals surface area contributed by atoms with Crippen LogP contribution in [0.3, 0.4) is 0 Å². The van der Waals surface area contributed by atoms with Gasteiger partial charge in [0.05, 0.1) is 0 Å². The average Bonchev–Trinajstić information content (AvgIpc) is 3.07. The number of hydrogen-bond acceptors (Lipinski definition) is 1. The van der Waals surface area contributed by atoms with Crippen LogP contribution in [0.1, 0.15) is 34.6 Å². The minimum atomic E-state index is 0.310. The molecule has 0 spiro atoms. The van der Waals surface area contributed by atoms with Gasteiger partial charge in [-0.15, -0.1) is 0 Å². The summed E-state index contributed by atoms with van der Waals surface area (Å²) in [5.74, 6) is 2.43. The Morgan fingerprint density at radius 1 is 0.815 bits per heavy atom. The van der Waals surface area contributed by atoms with Gasteiger partial charge in [-0.05, 0) is 31.4 Å². The van der Waals surface area contributed by atoms with Gasteiger partial charge in [0.25, 0.3) is 0 Å². The van der Waals surface area contributed by atoms with Gasteiger partial charge >= 0.3 is 0 Å². The molecule has 1 heteroatoms. The molecule has 0 radical (unpaired) electrons. The Kier molecular flexibility index (Phi) is 3.75. The van der Waals surface area contributed by atoms with Crippen molar-refractivity contribution in [3.8, 4) is 16.9 Å². The topological polar surface area (TPSA) is 9.23 Å². The monoisotopic (exact) mass is 350 g/mol. The fourth-order valence-corrected chi connectivity index (χ4v) is 4.24. The van der Waals surface area contributed by atoms with E-state index >= 15 is 0 Å². The van der Waals surface area contributed by atoms with E-state index in [-0.39, 0.29) is 0 Å². The number of aryl methyl sites for hydroxylation is 2. The van der Waals surface area contributed by atoms with Crippen molar-refractivity contribution in [3.63, 3.8) is 0 Å². The molecule has 132 valence electrons. The molecule has 3 aromatic carbocycles. The van der Waals surface area contributed by atoms with Gasteiger partial charge in [0.1, 0.15) is 11.5 Å². The van der Waals surface area contributed by atoms with Crippen LogP contribution in [0.15, 0.2) is 84.6 Å². The molecule has 1 aliphatic carbocycles. The van der Waals surface area contributed by atoms with E-state index in [4.69, 9.17) is 4.74 Å². The highest BCUT2D eigenvalue weighted by molar-refractivity contribution is 5.82. The summed E-state index contributed by atoms with van der Waals surface area (Å²) in [6.45, 7) is 4.27. The first-order valence-corrected chi connectivity index (χ1v) is 9.56. The summed E-state index contributed by atoms with van der Waals surface area (Å²) in [5, 5.41) is 0. The molecular weight excluding hydrogens is 328 g/mol. The van der Waals surface area contributed by atoms with Crippen molar-refractivity contribution < 1.29 is 4.74 Å². The van der Waals surface area contributed by atoms with E-state index in [0.29, 0.717) is 5.92 Å². The Morgan fingerprint density at radius 3 is 2.30 bits per heavy atom. The predicted octanol–water partition coefficient (Wildman–Crippen LogP) is 6.82. The highest BCUT2D eigenvalue weighted by Crippen LogP contribution is 2.51. The van der Waals surface area contributed by atoms with E-state index in [9.17, 15) is 0 Å². The Labute approximate surface area is 160 Å². The average molecular weight is 350 g/mol. The first-order valence-electron chi connectivity index (χ1n) is 9.56. The molecule has 1 atom stereocenters. The van der Waals surface area contributed by atoms with Gasteiger partial charge in [0, 0.05) is 22.6 Å². The van der Waals surface area contributed by atoms with Gasteiger partial charge in [-0.2, -0.15) is 0 Å². The Bertz CT molecular complexity index is 1100. The zero-order valence-corrected chi connectivity index (χ0v) is 15.7. The number of rotatable bonds is 2. The zero-order valence-electron chi connectivity index (χ0n) is 15.7. The summed E-state index contributed by atoms with van der Waals surface area (Å²) < 4.78 is 6.57. The first kappa shape index (κ1) is 16.1. The number of ether oxygens (including phenoxy) is 1. The lowest BCUT2D eigenvalue weighted by Gasteiger charge is -2.18. The molecule has 0 saturated heterocycles. The summed E-state index contributed by atoms with van der Waals surface area (Å²) in [6, 6.07) is 23.9. The molecule has 0 saturated carbocycles. The standard InChI is InChI=1S/C26H22O/c1-17-7-3-9-19(15-17)21-11-5-13-23-24-14-6-12-22(26(24)27-25(21)23)20-10-4-8-18(2)16-20/h3-13,15-16,24H,14H2,1-2H3. The van der Waals surface area contributed by atoms with Crippen LogP contribution in [0.4, 0.5) is 0 Å². The van der Waals surface area contributed by atoms with E-state index in [0.717, 1.165) is 17.9 Å². The zero-order chi connectivity index (χ0) is 18.4. The molecule has 1 unspecified atom stereocenters. The second kappa shape index (κ2) is 6.28. The van der Waals surface area contributed by atoms with Crippen LogP contribution in [0.2, 0.25) is 0 Å². The van der Waals surface area contributed by atoms with Crippen molar-refractivity contribution in [3.05, 3.63) is 107 Å². The van der Waals surface area contributed by atoms with Crippen LogP contribution in [0, 0.1) is 13.8 Å². The largest absolute Gasteiger partial charge is 0.459 e. The number of para-hydroxylation sites is 1. The maximum absolute atomic E-state index is 6.57. The normalized spacial score (nSPS) is 17.5. The smallest absolute Gasteiger partial charge is 0.138 e. The van der Waals surface area contributed by atoms with Gasteiger partial charge in [0.15, 0.2) is 0 Å². The summed E-state index contributed by atoms with van der Waals surface area (Å²) in [7, 11) is 0. The van der Waals surface area contributed by atoms with Crippen LogP contribution < -0.4 is 4.74 Å². The maximum Gasteiger partial charge on any atom is 0.138 e. The molecule has 5 rings (SSSR count).